The maximum atomic E-state index is 12.9. The summed E-state index contributed by atoms with van der Waals surface area (Å²) in [5.41, 5.74) is 2.55. The molecule has 1 atom stereocenters. The summed E-state index contributed by atoms with van der Waals surface area (Å²) in [7, 11) is 0. The minimum atomic E-state index is -1.02. The highest BCUT2D eigenvalue weighted by Gasteiger charge is 2.27. The molecule has 2 aromatic rings. The van der Waals surface area contributed by atoms with Gasteiger partial charge in [0.25, 0.3) is 5.91 Å². The molecule has 3 rings (SSSR count). The zero-order valence-electron chi connectivity index (χ0n) is 16.7. The lowest BCUT2D eigenvalue weighted by atomic mass is 10.1. The third-order valence-electron chi connectivity index (χ3n) is 5.23. The van der Waals surface area contributed by atoms with Gasteiger partial charge >= 0.3 is 5.97 Å². The van der Waals surface area contributed by atoms with E-state index in [-0.39, 0.29) is 24.4 Å². The van der Waals surface area contributed by atoms with Crippen molar-refractivity contribution >= 4 is 17.8 Å². The maximum Gasteiger partial charge on any atom is 0.323 e. The van der Waals surface area contributed by atoms with E-state index >= 15 is 0 Å². The molecule has 0 bridgehead atoms. The lowest BCUT2D eigenvalue weighted by Crippen LogP contribution is -2.43. The minimum absolute atomic E-state index is 0.0542. The number of carboxylic acids is 1. The quantitative estimate of drug-likeness (QED) is 0.832. The van der Waals surface area contributed by atoms with Gasteiger partial charge in [0.05, 0.1) is 11.9 Å². The van der Waals surface area contributed by atoms with Crippen LogP contribution in [0.3, 0.4) is 0 Å². The minimum Gasteiger partial charge on any atom is -0.480 e. The zero-order valence-corrected chi connectivity index (χ0v) is 16.7. The summed E-state index contributed by atoms with van der Waals surface area (Å²) in [5.74, 6) is -1.33. The van der Waals surface area contributed by atoms with Crippen molar-refractivity contribution < 1.29 is 19.5 Å². The third-order valence-corrected chi connectivity index (χ3v) is 5.23. The number of carbonyl (C=O) groups is 3. The molecule has 1 aliphatic heterocycles. The van der Waals surface area contributed by atoms with Gasteiger partial charge in [-0.1, -0.05) is 0 Å². The zero-order chi connectivity index (χ0) is 21.0. The van der Waals surface area contributed by atoms with Crippen LogP contribution in [-0.2, 0) is 9.59 Å². The Morgan fingerprint density at radius 3 is 2.48 bits per heavy atom. The van der Waals surface area contributed by atoms with Gasteiger partial charge < -0.3 is 14.9 Å². The van der Waals surface area contributed by atoms with E-state index in [4.69, 9.17) is 5.11 Å². The number of rotatable bonds is 5. The van der Waals surface area contributed by atoms with Crippen molar-refractivity contribution in [3.63, 3.8) is 0 Å². The second-order valence-corrected chi connectivity index (χ2v) is 7.43. The molecule has 8 heteroatoms. The molecular weight excluding hydrogens is 372 g/mol. The van der Waals surface area contributed by atoms with Crippen LogP contribution < -0.4 is 0 Å². The summed E-state index contributed by atoms with van der Waals surface area (Å²) < 4.78 is 1.76. The Balaban J connectivity index is 1.66. The van der Waals surface area contributed by atoms with Gasteiger partial charge in [-0.25, -0.2) is 4.68 Å². The fraction of sp³-hybridized carbons (Fsp3) is 0.429. The summed E-state index contributed by atoms with van der Waals surface area (Å²) >= 11 is 0. The molecule has 8 nitrogen and oxygen atoms in total. The highest BCUT2D eigenvalue weighted by atomic mass is 16.4. The normalized spacial score (nSPS) is 16.9. The van der Waals surface area contributed by atoms with Crippen molar-refractivity contribution in [3.8, 4) is 5.69 Å². The topological polar surface area (TPSA) is 95.7 Å². The number of carboxylic acid groups (broad SMARTS) is 1. The summed E-state index contributed by atoms with van der Waals surface area (Å²) in [6, 6.07) is 7.16. The number of aliphatic carboxylic acids is 1. The van der Waals surface area contributed by atoms with Gasteiger partial charge in [0.15, 0.2) is 0 Å². The first kappa shape index (κ1) is 20.6. The van der Waals surface area contributed by atoms with E-state index in [1.165, 1.54) is 11.8 Å². The van der Waals surface area contributed by atoms with Gasteiger partial charge in [-0.15, -0.1) is 0 Å². The average molecular weight is 398 g/mol. The second-order valence-electron chi connectivity index (χ2n) is 7.43. The van der Waals surface area contributed by atoms with Crippen LogP contribution in [0.15, 0.2) is 36.7 Å². The predicted molar refractivity (Wildman–Crippen MR) is 107 cm³/mol. The van der Waals surface area contributed by atoms with Crippen LogP contribution in [0.5, 0.6) is 0 Å². The molecule has 0 spiro atoms. The fourth-order valence-electron chi connectivity index (χ4n) is 3.73. The van der Waals surface area contributed by atoms with Gasteiger partial charge in [-0.3, -0.25) is 14.4 Å². The maximum absolute atomic E-state index is 12.9. The van der Waals surface area contributed by atoms with Crippen LogP contribution in [0.1, 0.15) is 42.1 Å². The monoisotopic (exact) mass is 398 g/mol. The van der Waals surface area contributed by atoms with Crippen LogP contribution in [-0.4, -0.2) is 68.1 Å². The molecular formula is C21H26N4O4. The van der Waals surface area contributed by atoms with Crippen molar-refractivity contribution in [1.29, 1.82) is 0 Å². The molecule has 1 aromatic carbocycles. The first-order valence-corrected chi connectivity index (χ1v) is 9.75. The van der Waals surface area contributed by atoms with Crippen LogP contribution in [0, 0.1) is 6.92 Å². The number of aromatic nitrogens is 2. The largest absolute Gasteiger partial charge is 0.480 e. The summed E-state index contributed by atoms with van der Waals surface area (Å²) in [5, 5.41) is 13.3. The molecule has 0 aliphatic carbocycles. The Morgan fingerprint density at radius 1 is 1.17 bits per heavy atom. The van der Waals surface area contributed by atoms with E-state index in [0.29, 0.717) is 31.5 Å². The number of hydrogen-bond donors (Lipinski definition) is 1. The molecule has 0 radical (unpaired) electrons. The Bertz CT molecular complexity index is 890. The number of carbonyl (C=O) groups excluding carboxylic acids is 2. The van der Waals surface area contributed by atoms with Gasteiger partial charge in [-0.05, 0) is 56.0 Å². The molecule has 1 saturated heterocycles. The highest BCUT2D eigenvalue weighted by molar-refractivity contribution is 5.94. The Morgan fingerprint density at radius 2 is 1.90 bits per heavy atom. The standard InChI is InChI=1S/C21H26N4O4/c1-15-12-22-25(13-15)19-7-5-17(6-8-19)21(29)23-10-3-4-18(9-11-23)24(16(2)26)14-20(27)28/h5-8,12-13,18H,3-4,9-11,14H2,1-2H3,(H,27,28). The summed E-state index contributed by atoms with van der Waals surface area (Å²) in [6.45, 7) is 4.14. The first-order valence-electron chi connectivity index (χ1n) is 9.75. The fourth-order valence-corrected chi connectivity index (χ4v) is 3.73. The van der Waals surface area contributed by atoms with E-state index in [1.54, 1.807) is 27.9 Å². The van der Waals surface area contributed by atoms with E-state index in [2.05, 4.69) is 5.10 Å². The molecule has 1 fully saturated rings. The van der Waals surface area contributed by atoms with Crippen molar-refractivity contribution in [1.82, 2.24) is 19.6 Å². The molecule has 154 valence electrons. The van der Waals surface area contributed by atoms with Gasteiger partial charge in [-0.2, -0.15) is 5.10 Å². The number of hydrogen-bond acceptors (Lipinski definition) is 4. The Kier molecular flexibility index (Phi) is 6.31. The smallest absolute Gasteiger partial charge is 0.323 e. The number of amides is 2. The summed E-state index contributed by atoms with van der Waals surface area (Å²) in [6.07, 6.45) is 5.69. The summed E-state index contributed by atoms with van der Waals surface area (Å²) in [4.78, 5) is 39.0. The molecule has 2 heterocycles. The third kappa shape index (κ3) is 5.01. The van der Waals surface area contributed by atoms with Crippen molar-refractivity contribution in [2.75, 3.05) is 19.6 Å². The highest BCUT2D eigenvalue weighted by Crippen LogP contribution is 2.19. The molecule has 2 amide bonds. The number of aryl methyl sites for hydroxylation is 1. The number of nitrogens with zero attached hydrogens (tertiary/aromatic N) is 4. The van der Waals surface area contributed by atoms with E-state index in [0.717, 1.165) is 17.7 Å². The number of benzene rings is 1. The van der Waals surface area contributed by atoms with Crippen LogP contribution in [0.25, 0.3) is 5.69 Å². The Hall–Kier alpha value is -3.16. The SMILES string of the molecule is CC(=O)N(CC(=O)O)C1CCCN(C(=O)c2ccc(-n3cc(C)cn3)cc2)CC1. The lowest BCUT2D eigenvalue weighted by Gasteiger charge is -2.28. The molecule has 0 saturated carbocycles. The van der Waals surface area contributed by atoms with Gasteiger partial charge in [0.2, 0.25) is 5.91 Å². The van der Waals surface area contributed by atoms with Gasteiger partial charge in [0, 0.05) is 37.8 Å². The van der Waals surface area contributed by atoms with Crippen molar-refractivity contribution in [2.45, 2.75) is 39.2 Å². The van der Waals surface area contributed by atoms with E-state index in [9.17, 15) is 14.4 Å². The van der Waals surface area contributed by atoms with Crippen molar-refractivity contribution in [3.05, 3.63) is 47.8 Å². The molecule has 1 N–H and O–H groups in total. The van der Waals surface area contributed by atoms with Crippen LogP contribution >= 0.6 is 0 Å². The number of likely N-dealkylation sites (tertiary alicyclic amines) is 1. The van der Waals surface area contributed by atoms with Crippen molar-refractivity contribution in [2.24, 2.45) is 0 Å². The Labute approximate surface area is 169 Å². The molecule has 29 heavy (non-hydrogen) atoms. The second kappa shape index (κ2) is 8.89. The predicted octanol–water partition coefficient (Wildman–Crippen LogP) is 2.11. The van der Waals surface area contributed by atoms with Crippen LogP contribution in [0.4, 0.5) is 0 Å². The molecule has 1 unspecified atom stereocenters. The first-order chi connectivity index (χ1) is 13.8. The lowest BCUT2D eigenvalue weighted by molar-refractivity contribution is -0.145. The molecule has 1 aromatic heterocycles. The van der Waals surface area contributed by atoms with Crippen LogP contribution in [0.2, 0.25) is 0 Å². The van der Waals surface area contributed by atoms with Gasteiger partial charge in [0.1, 0.15) is 6.54 Å². The average Bonchev–Trinajstić information content (AvgIpc) is 2.98. The molecule has 1 aliphatic rings. The van der Waals surface area contributed by atoms with E-state index < -0.39 is 5.97 Å². The van der Waals surface area contributed by atoms with E-state index in [1.807, 2.05) is 25.3 Å².